The molecule has 4 nitrogen and oxygen atoms in total. The molecule has 0 aliphatic heterocycles. The molecule has 0 spiro atoms. The molecule has 0 aromatic rings. The van der Waals surface area contributed by atoms with E-state index in [2.05, 4.69) is 5.32 Å². The van der Waals surface area contributed by atoms with Gasteiger partial charge in [-0.05, 0) is 13.0 Å². The molecule has 1 atom stereocenters. The minimum absolute atomic E-state index is 0.219. The fraction of sp³-hybridized carbons (Fsp3) is 1.00. The van der Waals surface area contributed by atoms with Gasteiger partial charge in [-0.3, -0.25) is 4.21 Å². The molecule has 0 heterocycles. The van der Waals surface area contributed by atoms with Gasteiger partial charge in [0.25, 0.3) is 0 Å². The summed E-state index contributed by atoms with van der Waals surface area (Å²) in [6, 6.07) is 0. The molecule has 0 aromatic carbocycles. The maximum atomic E-state index is 11.0. The van der Waals surface area contributed by atoms with E-state index in [0.717, 1.165) is 0 Å². The van der Waals surface area contributed by atoms with Gasteiger partial charge in [0.2, 0.25) is 0 Å². The van der Waals surface area contributed by atoms with Crippen molar-refractivity contribution >= 4 is 20.6 Å². The standard InChI is InChI=1S/C8H19NO3S2/c1-3-13(10)7-6-9-5-4-8-14(2,11)12/h9H,3-8H2,1-2H3. The van der Waals surface area contributed by atoms with Crippen molar-refractivity contribution in [1.82, 2.24) is 5.32 Å². The van der Waals surface area contributed by atoms with E-state index < -0.39 is 20.6 Å². The second-order valence-corrected chi connectivity index (χ2v) is 7.29. The van der Waals surface area contributed by atoms with Crippen LogP contribution in [-0.2, 0) is 20.6 Å². The summed E-state index contributed by atoms with van der Waals surface area (Å²) < 4.78 is 32.5. The Hall–Kier alpha value is 0.0600. The molecule has 6 heteroatoms. The highest BCUT2D eigenvalue weighted by Crippen LogP contribution is 1.87. The van der Waals surface area contributed by atoms with Gasteiger partial charge in [0.1, 0.15) is 9.84 Å². The van der Waals surface area contributed by atoms with Gasteiger partial charge >= 0.3 is 0 Å². The van der Waals surface area contributed by atoms with E-state index in [4.69, 9.17) is 0 Å². The smallest absolute Gasteiger partial charge is 0.147 e. The topological polar surface area (TPSA) is 63.2 Å². The Bertz CT molecular complexity index is 262. The number of hydrogen-bond acceptors (Lipinski definition) is 4. The van der Waals surface area contributed by atoms with Crippen LogP contribution >= 0.6 is 0 Å². The highest BCUT2D eigenvalue weighted by Gasteiger charge is 2.00. The fourth-order valence-electron chi connectivity index (χ4n) is 0.915. The van der Waals surface area contributed by atoms with Crippen molar-refractivity contribution in [2.45, 2.75) is 13.3 Å². The first-order valence-corrected chi connectivity index (χ1v) is 8.24. The molecule has 86 valence electrons. The molecule has 0 saturated heterocycles. The summed E-state index contributed by atoms with van der Waals surface area (Å²) in [5.41, 5.74) is 0. The monoisotopic (exact) mass is 241 g/mol. The van der Waals surface area contributed by atoms with E-state index in [1.54, 1.807) is 0 Å². The van der Waals surface area contributed by atoms with Crippen LogP contribution in [0.4, 0.5) is 0 Å². The molecule has 1 unspecified atom stereocenters. The molecule has 0 aliphatic rings. The molecular formula is C8H19NO3S2. The zero-order valence-electron chi connectivity index (χ0n) is 8.78. The Balaban J connectivity index is 3.27. The van der Waals surface area contributed by atoms with Crippen LogP contribution in [-0.4, -0.2) is 49.2 Å². The Morgan fingerprint density at radius 3 is 2.43 bits per heavy atom. The zero-order valence-corrected chi connectivity index (χ0v) is 10.4. The van der Waals surface area contributed by atoms with Crippen molar-refractivity contribution < 1.29 is 12.6 Å². The van der Waals surface area contributed by atoms with Gasteiger partial charge in [-0.2, -0.15) is 0 Å². The van der Waals surface area contributed by atoms with Crippen LogP contribution in [0.25, 0.3) is 0 Å². The lowest BCUT2D eigenvalue weighted by Gasteiger charge is -2.03. The minimum Gasteiger partial charge on any atom is -0.316 e. The van der Waals surface area contributed by atoms with Crippen LogP contribution in [0.1, 0.15) is 13.3 Å². The van der Waals surface area contributed by atoms with Gasteiger partial charge in [0.15, 0.2) is 0 Å². The molecule has 0 fully saturated rings. The van der Waals surface area contributed by atoms with Gasteiger partial charge in [-0.15, -0.1) is 0 Å². The number of hydrogen-bond donors (Lipinski definition) is 1. The fourth-order valence-corrected chi connectivity index (χ4v) is 2.24. The molecule has 1 N–H and O–H groups in total. The number of nitrogens with one attached hydrogen (secondary N) is 1. The van der Waals surface area contributed by atoms with Gasteiger partial charge in [0.05, 0.1) is 5.75 Å². The van der Waals surface area contributed by atoms with Gasteiger partial charge < -0.3 is 5.32 Å². The highest BCUT2D eigenvalue weighted by molar-refractivity contribution is 7.90. The van der Waals surface area contributed by atoms with Crippen molar-refractivity contribution in [1.29, 1.82) is 0 Å². The maximum absolute atomic E-state index is 11.0. The van der Waals surface area contributed by atoms with E-state index in [0.29, 0.717) is 31.0 Å². The van der Waals surface area contributed by atoms with Crippen LogP contribution in [0.15, 0.2) is 0 Å². The molecule has 0 rings (SSSR count). The normalized spacial score (nSPS) is 14.1. The zero-order chi connectivity index (χ0) is 11.0. The van der Waals surface area contributed by atoms with Gasteiger partial charge in [-0.1, -0.05) is 6.92 Å². The Morgan fingerprint density at radius 1 is 1.29 bits per heavy atom. The third-order valence-corrected chi connectivity index (χ3v) is 4.03. The average Bonchev–Trinajstić information content (AvgIpc) is 2.08. The summed E-state index contributed by atoms with van der Waals surface area (Å²) in [4.78, 5) is 0. The van der Waals surface area contributed by atoms with Crippen molar-refractivity contribution in [3.05, 3.63) is 0 Å². The summed E-state index contributed by atoms with van der Waals surface area (Å²) >= 11 is 0. The Labute approximate surface area is 88.8 Å². The maximum Gasteiger partial charge on any atom is 0.147 e. The second-order valence-electron chi connectivity index (χ2n) is 3.17. The Morgan fingerprint density at radius 2 is 1.93 bits per heavy atom. The van der Waals surface area contributed by atoms with E-state index in [-0.39, 0.29) is 5.75 Å². The summed E-state index contributed by atoms with van der Waals surface area (Å²) in [6.07, 6.45) is 1.86. The number of rotatable bonds is 8. The molecule has 0 aliphatic carbocycles. The van der Waals surface area contributed by atoms with Crippen LogP contribution in [0.3, 0.4) is 0 Å². The van der Waals surface area contributed by atoms with Crippen molar-refractivity contribution in [3.8, 4) is 0 Å². The summed E-state index contributed by atoms with van der Waals surface area (Å²) in [5.74, 6) is 1.55. The molecule has 0 aromatic heterocycles. The molecule has 14 heavy (non-hydrogen) atoms. The van der Waals surface area contributed by atoms with Gasteiger partial charge in [-0.25, -0.2) is 8.42 Å². The SMILES string of the molecule is CCS(=O)CCNCCCS(C)(=O)=O. The minimum atomic E-state index is -2.83. The van der Waals surface area contributed by atoms with E-state index in [9.17, 15) is 12.6 Å². The van der Waals surface area contributed by atoms with Crippen molar-refractivity contribution in [2.75, 3.05) is 36.6 Å². The van der Waals surface area contributed by atoms with Crippen molar-refractivity contribution in [3.63, 3.8) is 0 Å². The lowest BCUT2D eigenvalue weighted by atomic mass is 10.5. The molecular weight excluding hydrogens is 222 g/mol. The van der Waals surface area contributed by atoms with Crippen LogP contribution in [0, 0.1) is 0 Å². The quantitative estimate of drug-likeness (QED) is 0.597. The molecule has 0 amide bonds. The third-order valence-electron chi connectivity index (χ3n) is 1.70. The largest absolute Gasteiger partial charge is 0.316 e. The molecule has 0 bridgehead atoms. The van der Waals surface area contributed by atoms with E-state index >= 15 is 0 Å². The lowest BCUT2D eigenvalue weighted by molar-refractivity contribution is 0.595. The average molecular weight is 241 g/mol. The van der Waals surface area contributed by atoms with Crippen molar-refractivity contribution in [2.24, 2.45) is 0 Å². The molecule has 0 saturated carbocycles. The molecule has 0 radical (unpaired) electrons. The lowest BCUT2D eigenvalue weighted by Crippen LogP contribution is -2.23. The van der Waals surface area contributed by atoms with Crippen LogP contribution in [0.5, 0.6) is 0 Å². The van der Waals surface area contributed by atoms with Gasteiger partial charge in [0, 0.05) is 35.1 Å². The van der Waals surface area contributed by atoms with E-state index in [1.807, 2.05) is 6.92 Å². The first kappa shape index (κ1) is 14.1. The first-order valence-electron chi connectivity index (χ1n) is 4.69. The van der Waals surface area contributed by atoms with E-state index in [1.165, 1.54) is 6.26 Å². The summed E-state index contributed by atoms with van der Waals surface area (Å²) in [6.45, 7) is 3.26. The predicted octanol–water partition coefficient (Wildman–Crippen LogP) is -0.221. The summed E-state index contributed by atoms with van der Waals surface area (Å²) in [7, 11) is -3.56. The predicted molar refractivity (Wildman–Crippen MR) is 60.7 cm³/mol. The second kappa shape index (κ2) is 7.36. The summed E-state index contributed by atoms with van der Waals surface area (Å²) in [5, 5.41) is 3.07. The van der Waals surface area contributed by atoms with Crippen LogP contribution in [0.2, 0.25) is 0 Å². The van der Waals surface area contributed by atoms with Crippen LogP contribution < -0.4 is 5.32 Å². The number of sulfone groups is 1. The third kappa shape index (κ3) is 10.1. The highest BCUT2D eigenvalue weighted by atomic mass is 32.2. The Kier molecular flexibility index (Phi) is 7.40. The first-order chi connectivity index (χ1) is 6.45.